The molecule has 0 aromatic heterocycles. The lowest BCUT2D eigenvalue weighted by molar-refractivity contribution is 0.0683. The van der Waals surface area contributed by atoms with Gasteiger partial charge in [-0.25, -0.2) is 0 Å². The second-order valence-corrected chi connectivity index (χ2v) is 8.01. The monoisotopic (exact) mass is 242 g/mol. The van der Waals surface area contributed by atoms with Crippen molar-refractivity contribution in [1.82, 2.24) is 4.90 Å². The van der Waals surface area contributed by atoms with Crippen LogP contribution in [0.2, 0.25) is 0 Å². The van der Waals surface area contributed by atoms with Crippen molar-refractivity contribution in [2.75, 3.05) is 31.9 Å². The highest BCUT2D eigenvalue weighted by Crippen LogP contribution is 2.49. The van der Waals surface area contributed by atoms with Crippen LogP contribution in [0.15, 0.2) is 0 Å². The van der Waals surface area contributed by atoms with Gasteiger partial charge in [-0.3, -0.25) is 0 Å². The Morgan fingerprint density at radius 1 is 1.31 bits per heavy atom. The fraction of sp³-hybridized carbons (Fsp3) is 1.00. The van der Waals surface area contributed by atoms with Crippen LogP contribution in [0.4, 0.5) is 0 Å². The summed E-state index contributed by atoms with van der Waals surface area (Å²) in [6.07, 6.45) is 5.63. The summed E-state index contributed by atoms with van der Waals surface area (Å²) in [4.78, 5) is 2.59. The van der Waals surface area contributed by atoms with E-state index in [1.165, 1.54) is 44.5 Å². The Morgan fingerprint density at radius 2 is 2.12 bits per heavy atom. The van der Waals surface area contributed by atoms with Crippen LogP contribution < -0.4 is 5.73 Å². The van der Waals surface area contributed by atoms with Crippen molar-refractivity contribution >= 4 is 11.8 Å². The lowest BCUT2D eigenvalue weighted by atomic mass is 9.71. The average molecular weight is 242 g/mol. The number of hydrogen-bond donors (Lipinski definition) is 1. The van der Waals surface area contributed by atoms with Gasteiger partial charge in [-0.2, -0.15) is 11.8 Å². The minimum atomic E-state index is 0.490. The fourth-order valence-corrected chi connectivity index (χ4v) is 5.11. The van der Waals surface area contributed by atoms with E-state index < -0.39 is 0 Å². The minimum Gasteiger partial charge on any atom is -0.329 e. The summed E-state index contributed by atoms with van der Waals surface area (Å²) in [5, 5.41) is 0. The van der Waals surface area contributed by atoms with Crippen molar-refractivity contribution in [2.45, 2.75) is 44.3 Å². The summed E-state index contributed by atoms with van der Waals surface area (Å²) in [5.74, 6) is 1.35. The van der Waals surface area contributed by atoms with E-state index in [9.17, 15) is 0 Å². The molecule has 2 heterocycles. The Morgan fingerprint density at radius 3 is 2.81 bits per heavy atom. The molecule has 0 amide bonds. The molecule has 2 rings (SSSR count). The van der Waals surface area contributed by atoms with Gasteiger partial charge in [-0.1, -0.05) is 13.8 Å². The second kappa shape index (κ2) is 4.87. The van der Waals surface area contributed by atoms with Gasteiger partial charge < -0.3 is 10.6 Å². The molecule has 2 aliphatic heterocycles. The van der Waals surface area contributed by atoms with Crippen LogP contribution >= 0.6 is 11.8 Å². The van der Waals surface area contributed by atoms with Gasteiger partial charge >= 0.3 is 0 Å². The molecule has 16 heavy (non-hydrogen) atoms. The summed E-state index contributed by atoms with van der Waals surface area (Å²) in [6, 6.07) is 0. The van der Waals surface area contributed by atoms with E-state index in [0.717, 1.165) is 13.1 Å². The summed E-state index contributed by atoms with van der Waals surface area (Å²) in [7, 11) is 0. The number of hydrogen-bond acceptors (Lipinski definition) is 3. The third-order valence-electron chi connectivity index (χ3n) is 4.11. The molecule has 2 fully saturated rings. The maximum absolute atomic E-state index is 5.68. The van der Waals surface area contributed by atoms with Crippen LogP contribution in [0.5, 0.6) is 0 Å². The molecular weight excluding hydrogens is 216 g/mol. The third kappa shape index (κ3) is 2.93. The predicted octanol–water partition coefficient (Wildman–Crippen LogP) is 2.33. The molecule has 1 unspecified atom stereocenters. The topological polar surface area (TPSA) is 29.3 Å². The van der Waals surface area contributed by atoms with Gasteiger partial charge in [0.25, 0.3) is 0 Å². The number of nitrogens with zero attached hydrogens (tertiary/aromatic N) is 1. The van der Waals surface area contributed by atoms with Gasteiger partial charge in [0, 0.05) is 24.4 Å². The first kappa shape index (κ1) is 12.7. The first-order valence-electron chi connectivity index (χ1n) is 6.62. The molecule has 0 aromatic carbocycles. The first-order chi connectivity index (χ1) is 7.55. The van der Waals surface area contributed by atoms with Gasteiger partial charge in [0.1, 0.15) is 0 Å². The predicted molar refractivity (Wildman–Crippen MR) is 72.9 cm³/mol. The van der Waals surface area contributed by atoms with E-state index in [-0.39, 0.29) is 0 Å². The highest BCUT2D eigenvalue weighted by molar-refractivity contribution is 8.00. The lowest BCUT2D eigenvalue weighted by Gasteiger charge is -2.49. The maximum Gasteiger partial charge on any atom is 0.0109 e. The molecule has 2 N–H and O–H groups in total. The van der Waals surface area contributed by atoms with Crippen LogP contribution in [-0.4, -0.2) is 41.6 Å². The molecule has 2 saturated heterocycles. The summed E-state index contributed by atoms with van der Waals surface area (Å²) in [6.45, 7) is 9.31. The molecule has 0 aromatic rings. The van der Waals surface area contributed by atoms with Crippen molar-refractivity contribution in [1.29, 1.82) is 0 Å². The molecule has 0 radical (unpaired) electrons. The first-order valence-corrected chi connectivity index (χ1v) is 7.60. The Bertz CT molecular complexity index is 236. The number of rotatable bonds is 2. The number of thioether (sulfide) groups is 1. The van der Waals surface area contributed by atoms with Crippen LogP contribution in [0.3, 0.4) is 0 Å². The second-order valence-electron chi connectivity index (χ2n) is 6.20. The van der Waals surface area contributed by atoms with Crippen molar-refractivity contribution in [3.63, 3.8) is 0 Å². The molecule has 0 aliphatic carbocycles. The van der Waals surface area contributed by atoms with Gasteiger partial charge in [0.2, 0.25) is 0 Å². The zero-order chi connectivity index (χ0) is 11.6. The SMILES string of the molecule is CC1(C)CC2(CCCN(CCN)C2)CCS1. The van der Waals surface area contributed by atoms with Crippen molar-refractivity contribution in [2.24, 2.45) is 11.1 Å². The van der Waals surface area contributed by atoms with Crippen LogP contribution in [0.1, 0.15) is 39.5 Å². The molecule has 1 spiro atoms. The quantitative estimate of drug-likeness (QED) is 0.806. The summed E-state index contributed by atoms with van der Waals surface area (Å²) < 4.78 is 0.490. The van der Waals surface area contributed by atoms with Crippen molar-refractivity contribution < 1.29 is 0 Å². The normalized spacial score (nSPS) is 35.4. The van der Waals surface area contributed by atoms with Crippen molar-refractivity contribution in [3.05, 3.63) is 0 Å². The number of nitrogens with two attached hydrogens (primary N) is 1. The molecular formula is C13H26N2S. The largest absolute Gasteiger partial charge is 0.329 e. The number of piperidine rings is 1. The van der Waals surface area contributed by atoms with E-state index in [4.69, 9.17) is 5.73 Å². The van der Waals surface area contributed by atoms with Crippen LogP contribution in [0, 0.1) is 5.41 Å². The molecule has 2 aliphatic rings. The van der Waals surface area contributed by atoms with Gasteiger partial charge in [-0.05, 0) is 43.4 Å². The Hall–Kier alpha value is 0.270. The molecule has 3 heteroatoms. The van der Waals surface area contributed by atoms with Crippen LogP contribution in [0.25, 0.3) is 0 Å². The Balaban J connectivity index is 2.00. The highest BCUT2D eigenvalue weighted by Gasteiger charge is 2.42. The van der Waals surface area contributed by atoms with Gasteiger partial charge in [0.05, 0.1) is 0 Å². The lowest BCUT2D eigenvalue weighted by Crippen LogP contribution is -2.49. The van der Waals surface area contributed by atoms with E-state index in [1.54, 1.807) is 0 Å². The minimum absolute atomic E-state index is 0.490. The molecule has 2 nitrogen and oxygen atoms in total. The Labute approximate surface area is 104 Å². The maximum atomic E-state index is 5.68. The summed E-state index contributed by atoms with van der Waals surface area (Å²) in [5.41, 5.74) is 6.30. The van der Waals surface area contributed by atoms with E-state index in [0.29, 0.717) is 10.2 Å². The zero-order valence-corrected chi connectivity index (χ0v) is 11.6. The van der Waals surface area contributed by atoms with E-state index in [1.807, 2.05) is 0 Å². The molecule has 1 atom stereocenters. The number of likely N-dealkylation sites (tertiary alicyclic amines) is 1. The molecule has 94 valence electrons. The van der Waals surface area contributed by atoms with E-state index in [2.05, 4.69) is 30.5 Å². The average Bonchev–Trinajstić information content (AvgIpc) is 2.16. The Kier molecular flexibility index (Phi) is 3.87. The molecule has 0 saturated carbocycles. The van der Waals surface area contributed by atoms with Gasteiger partial charge in [0.15, 0.2) is 0 Å². The van der Waals surface area contributed by atoms with Crippen LogP contribution in [-0.2, 0) is 0 Å². The summed E-state index contributed by atoms with van der Waals surface area (Å²) >= 11 is 2.16. The fourth-order valence-electron chi connectivity index (χ4n) is 3.62. The van der Waals surface area contributed by atoms with Crippen molar-refractivity contribution in [3.8, 4) is 0 Å². The zero-order valence-electron chi connectivity index (χ0n) is 10.8. The molecule has 0 bridgehead atoms. The standard InChI is InChI=1S/C13H26N2S/c1-12(2)10-13(5-9-16-12)4-3-7-15(11-13)8-6-14/h3-11,14H2,1-2H3. The smallest absolute Gasteiger partial charge is 0.0109 e. The third-order valence-corrected chi connectivity index (χ3v) is 5.45. The van der Waals surface area contributed by atoms with E-state index >= 15 is 0 Å². The van der Waals surface area contributed by atoms with Gasteiger partial charge in [-0.15, -0.1) is 0 Å². The highest BCUT2D eigenvalue weighted by atomic mass is 32.2.